The average Bonchev–Trinajstić information content (AvgIpc) is 2.35. The molecule has 110 valence electrons. The van der Waals surface area contributed by atoms with Gasteiger partial charge in [0.25, 0.3) is 0 Å². The topological polar surface area (TPSA) is 90.3 Å². The van der Waals surface area contributed by atoms with E-state index in [1.165, 1.54) is 4.90 Å². The third-order valence-corrected chi connectivity index (χ3v) is 3.13. The lowest BCUT2D eigenvalue weighted by molar-refractivity contribution is -0.138. The van der Waals surface area contributed by atoms with Crippen LogP contribution in [0.3, 0.4) is 0 Å². The Kier molecular flexibility index (Phi) is 5.56. The molecule has 2 amide bonds. The molecule has 0 saturated carbocycles. The van der Waals surface area contributed by atoms with Gasteiger partial charge < -0.3 is 24.7 Å². The zero-order valence-corrected chi connectivity index (χ0v) is 11.6. The molecule has 1 saturated heterocycles. The number of carboxylic acids is 1. The quantitative estimate of drug-likeness (QED) is 0.752. The molecule has 19 heavy (non-hydrogen) atoms. The number of morpholine rings is 1. The number of hydrogen-bond acceptors (Lipinski definition) is 4. The standard InChI is InChI=1S/C12H22N2O5/c1-8(2)13(5-11(16)17)12(18)14-4-10(6-15)19-7-9(14)3/h8-10,15H,4-7H2,1-3H3,(H,16,17). The average molecular weight is 274 g/mol. The summed E-state index contributed by atoms with van der Waals surface area (Å²) in [5.74, 6) is -1.04. The monoisotopic (exact) mass is 274 g/mol. The van der Waals surface area contributed by atoms with E-state index >= 15 is 0 Å². The summed E-state index contributed by atoms with van der Waals surface area (Å²) in [7, 11) is 0. The smallest absolute Gasteiger partial charge is 0.323 e. The molecular weight excluding hydrogens is 252 g/mol. The lowest BCUT2D eigenvalue weighted by Crippen LogP contribution is -2.57. The van der Waals surface area contributed by atoms with Crippen LogP contribution in [0.1, 0.15) is 20.8 Å². The predicted octanol–water partition coefficient (Wildman–Crippen LogP) is -0.0170. The number of urea groups is 1. The van der Waals surface area contributed by atoms with Crippen molar-refractivity contribution < 1.29 is 24.5 Å². The van der Waals surface area contributed by atoms with Gasteiger partial charge in [0, 0.05) is 6.04 Å². The summed E-state index contributed by atoms with van der Waals surface area (Å²) in [6.45, 7) is 5.52. The summed E-state index contributed by atoms with van der Waals surface area (Å²) in [4.78, 5) is 26.1. The molecule has 0 bridgehead atoms. The first kappa shape index (κ1) is 15.7. The number of hydrogen-bond donors (Lipinski definition) is 2. The summed E-state index contributed by atoms with van der Waals surface area (Å²) in [6, 6.07) is -0.664. The SMILES string of the molecule is CC(C)N(CC(=O)O)C(=O)N1CC(CO)OCC1C. The van der Waals surface area contributed by atoms with Crippen LogP contribution in [-0.2, 0) is 9.53 Å². The van der Waals surface area contributed by atoms with Crippen molar-refractivity contribution in [2.45, 2.75) is 39.0 Å². The molecule has 7 nitrogen and oxygen atoms in total. The number of carboxylic acid groups (broad SMARTS) is 1. The Labute approximate surface area is 112 Å². The van der Waals surface area contributed by atoms with Crippen molar-refractivity contribution in [3.63, 3.8) is 0 Å². The highest BCUT2D eigenvalue weighted by Gasteiger charge is 2.33. The van der Waals surface area contributed by atoms with Crippen molar-refractivity contribution in [2.24, 2.45) is 0 Å². The van der Waals surface area contributed by atoms with Crippen molar-refractivity contribution >= 4 is 12.0 Å². The Morgan fingerprint density at radius 1 is 1.47 bits per heavy atom. The van der Waals surface area contributed by atoms with Crippen LogP contribution in [0.4, 0.5) is 4.79 Å². The molecule has 1 rings (SSSR count). The Balaban J connectivity index is 2.79. The van der Waals surface area contributed by atoms with Crippen molar-refractivity contribution in [3.05, 3.63) is 0 Å². The maximum atomic E-state index is 12.4. The van der Waals surface area contributed by atoms with E-state index in [4.69, 9.17) is 14.9 Å². The second-order valence-corrected chi connectivity index (χ2v) is 5.04. The summed E-state index contributed by atoms with van der Waals surface area (Å²) in [5, 5.41) is 18.0. The zero-order valence-electron chi connectivity index (χ0n) is 11.6. The number of ether oxygens (including phenoxy) is 1. The first-order chi connectivity index (χ1) is 8.86. The van der Waals surface area contributed by atoms with Crippen molar-refractivity contribution in [1.82, 2.24) is 9.80 Å². The van der Waals surface area contributed by atoms with Crippen LogP contribution < -0.4 is 0 Å². The van der Waals surface area contributed by atoms with E-state index in [1.807, 2.05) is 6.92 Å². The molecular formula is C12H22N2O5. The highest BCUT2D eigenvalue weighted by atomic mass is 16.5. The Morgan fingerprint density at radius 3 is 2.58 bits per heavy atom. The molecule has 2 atom stereocenters. The van der Waals surface area contributed by atoms with Crippen LogP contribution in [0, 0.1) is 0 Å². The number of amides is 2. The van der Waals surface area contributed by atoms with E-state index in [1.54, 1.807) is 18.7 Å². The molecule has 1 fully saturated rings. The fraction of sp³-hybridized carbons (Fsp3) is 0.833. The van der Waals surface area contributed by atoms with Gasteiger partial charge in [-0.15, -0.1) is 0 Å². The van der Waals surface area contributed by atoms with E-state index in [2.05, 4.69) is 0 Å². The van der Waals surface area contributed by atoms with Gasteiger partial charge in [-0.05, 0) is 20.8 Å². The van der Waals surface area contributed by atoms with Gasteiger partial charge in [0.2, 0.25) is 0 Å². The number of aliphatic hydroxyl groups is 1. The lowest BCUT2D eigenvalue weighted by atomic mass is 10.2. The first-order valence-corrected chi connectivity index (χ1v) is 6.38. The molecule has 0 aromatic heterocycles. The van der Waals surface area contributed by atoms with E-state index in [9.17, 15) is 9.59 Å². The molecule has 0 aromatic rings. The molecule has 0 aromatic carbocycles. The number of rotatable bonds is 4. The van der Waals surface area contributed by atoms with Crippen LogP contribution in [-0.4, -0.2) is 76.5 Å². The van der Waals surface area contributed by atoms with Crippen LogP contribution in [0.15, 0.2) is 0 Å². The number of carbonyl (C=O) groups excluding carboxylic acids is 1. The minimum Gasteiger partial charge on any atom is -0.480 e. The van der Waals surface area contributed by atoms with Gasteiger partial charge in [0.1, 0.15) is 6.54 Å². The van der Waals surface area contributed by atoms with Crippen LogP contribution in [0.2, 0.25) is 0 Å². The third-order valence-electron chi connectivity index (χ3n) is 3.13. The number of carbonyl (C=O) groups is 2. The molecule has 2 unspecified atom stereocenters. The molecule has 1 aliphatic heterocycles. The molecule has 2 N–H and O–H groups in total. The van der Waals surface area contributed by atoms with Crippen molar-refractivity contribution in [1.29, 1.82) is 0 Å². The van der Waals surface area contributed by atoms with Gasteiger partial charge in [0.15, 0.2) is 0 Å². The highest BCUT2D eigenvalue weighted by Crippen LogP contribution is 2.15. The number of aliphatic hydroxyl groups excluding tert-OH is 1. The highest BCUT2D eigenvalue weighted by molar-refractivity contribution is 5.80. The van der Waals surface area contributed by atoms with Gasteiger partial charge in [-0.1, -0.05) is 0 Å². The van der Waals surface area contributed by atoms with E-state index in [0.717, 1.165) is 0 Å². The van der Waals surface area contributed by atoms with Crippen LogP contribution in [0.25, 0.3) is 0 Å². The van der Waals surface area contributed by atoms with E-state index in [-0.39, 0.29) is 37.8 Å². The second-order valence-electron chi connectivity index (χ2n) is 5.04. The fourth-order valence-corrected chi connectivity index (χ4v) is 1.98. The number of aliphatic carboxylic acids is 1. The lowest BCUT2D eigenvalue weighted by Gasteiger charge is -2.40. The largest absolute Gasteiger partial charge is 0.480 e. The van der Waals surface area contributed by atoms with Gasteiger partial charge in [-0.25, -0.2) is 4.79 Å². The summed E-state index contributed by atoms with van der Waals surface area (Å²) >= 11 is 0. The Hall–Kier alpha value is -1.34. The summed E-state index contributed by atoms with van der Waals surface area (Å²) in [5.41, 5.74) is 0. The van der Waals surface area contributed by atoms with Gasteiger partial charge in [-0.2, -0.15) is 0 Å². The summed E-state index contributed by atoms with van der Waals surface area (Å²) < 4.78 is 5.36. The molecule has 1 aliphatic rings. The zero-order chi connectivity index (χ0) is 14.6. The summed E-state index contributed by atoms with van der Waals surface area (Å²) in [6.07, 6.45) is -0.404. The maximum absolute atomic E-state index is 12.4. The van der Waals surface area contributed by atoms with Crippen LogP contribution >= 0.6 is 0 Å². The van der Waals surface area contributed by atoms with Crippen molar-refractivity contribution in [3.8, 4) is 0 Å². The molecule has 0 radical (unpaired) electrons. The molecule has 0 spiro atoms. The Bertz CT molecular complexity index is 334. The van der Waals surface area contributed by atoms with Crippen molar-refractivity contribution in [2.75, 3.05) is 26.3 Å². The molecule has 7 heteroatoms. The van der Waals surface area contributed by atoms with E-state index in [0.29, 0.717) is 6.61 Å². The fourth-order valence-electron chi connectivity index (χ4n) is 1.98. The Morgan fingerprint density at radius 2 is 2.11 bits per heavy atom. The van der Waals surface area contributed by atoms with Gasteiger partial charge in [0.05, 0.1) is 31.9 Å². The maximum Gasteiger partial charge on any atom is 0.323 e. The van der Waals surface area contributed by atoms with Gasteiger partial charge >= 0.3 is 12.0 Å². The van der Waals surface area contributed by atoms with Crippen LogP contribution in [0.5, 0.6) is 0 Å². The number of nitrogens with zero attached hydrogens (tertiary/aromatic N) is 2. The van der Waals surface area contributed by atoms with Gasteiger partial charge in [-0.3, -0.25) is 4.79 Å². The van der Waals surface area contributed by atoms with E-state index < -0.39 is 12.1 Å². The minimum atomic E-state index is -1.04. The third kappa shape index (κ3) is 4.07. The molecule has 0 aliphatic carbocycles. The first-order valence-electron chi connectivity index (χ1n) is 6.38. The normalized spacial score (nSPS) is 23.5. The minimum absolute atomic E-state index is 0.134. The second kappa shape index (κ2) is 6.72. The molecule has 1 heterocycles. The predicted molar refractivity (Wildman–Crippen MR) is 67.9 cm³/mol.